The van der Waals surface area contributed by atoms with Crippen LogP contribution in [0.15, 0.2) is 271 Å². The number of rotatable bonds is 8. The number of aromatic nitrogens is 2. The van der Waals surface area contributed by atoms with Gasteiger partial charge >= 0.3 is 0 Å². The third-order valence-corrected chi connectivity index (χ3v) is 18.1. The van der Waals surface area contributed by atoms with Crippen molar-refractivity contribution < 1.29 is 29.1 Å². The Morgan fingerprint density at radius 2 is 0.786 bits per heavy atom. The molecule has 328 valence electrons. The van der Waals surface area contributed by atoms with Crippen molar-refractivity contribution in [2.24, 2.45) is 0 Å². The largest absolute Gasteiger partial charge is 0.456 e. The molecule has 14 rings (SSSR count). The molecule has 0 atom stereocenters. The lowest BCUT2D eigenvalue weighted by Gasteiger charge is -2.34. The van der Waals surface area contributed by atoms with Gasteiger partial charge in [0.05, 0.1) is 46.7 Å². The van der Waals surface area contributed by atoms with Crippen LogP contribution in [-0.4, -0.2) is 17.2 Å². The topological polar surface area (TPSA) is 23.0 Å². The average Bonchev–Trinajstić information content (AvgIpc) is 1.49. The fraction of sp³-hybridized carbons (Fsp3) is 0. The van der Waals surface area contributed by atoms with Crippen LogP contribution in [0.1, 0.15) is 24.7 Å². The molecule has 3 aromatic heterocycles. The first-order valence-electron chi connectivity index (χ1n) is 31.6. The second kappa shape index (κ2) is 16.1. The second-order valence-electron chi connectivity index (χ2n) is 17.0. The zero-order valence-corrected chi connectivity index (χ0v) is 37.8. The maximum atomic E-state index is 10.3. The van der Waals surface area contributed by atoms with E-state index in [1.807, 2.05) is 91.0 Å². The Morgan fingerprint density at radius 3 is 1.36 bits per heavy atom. The van der Waals surface area contributed by atoms with Crippen molar-refractivity contribution in [3.63, 3.8) is 0 Å². The summed E-state index contributed by atoms with van der Waals surface area (Å²) in [6, 6.07) is 37.1. The van der Waals surface area contributed by atoms with Crippen molar-refractivity contribution in [2.75, 3.05) is 0 Å². The highest BCUT2D eigenvalue weighted by atomic mass is 28.3. The van der Waals surface area contributed by atoms with Crippen LogP contribution in [0.2, 0.25) is 0 Å². The van der Waals surface area contributed by atoms with E-state index in [-0.39, 0.29) is 49.3 Å². The third kappa shape index (κ3) is 6.13. The molecule has 0 saturated carbocycles. The van der Waals surface area contributed by atoms with Crippen molar-refractivity contribution in [1.29, 1.82) is 0 Å². The van der Waals surface area contributed by atoms with Gasteiger partial charge < -0.3 is 13.6 Å². The smallest absolute Gasteiger partial charge is 0.179 e. The molecule has 0 bridgehead atoms. The molecule has 0 saturated heterocycles. The Balaban J connectivity index is 1.09. The van der Waals surface area contributed by atoms with Crippen LogP contribution in [0.4, 0.5) is 0 Å². The van der Waals surface area contributed by atoms with Gasteiger partial charge in [0.25, 0.3) is 0 Å². The molecule has 0 aliphatic heterocycles. The predicted octanol–water partition coefficient (Wildman–Crippen LogP) is 14.5. The minimum absolute atomic E-state index is 0.148. The molecular weight excluding hydrogens is 865 g/mol. The predicted molar refractivity (Wildman–Crippen MR) is 297 cm³/mol. The average molecular weight is 927 g/mol. The Labute approximate surface area is 431 Å². The fourth-order valence-electron chi connectivity index (χ4n) is 10.3. The van der Waals surface area contributed by atoms with E-state index in [9.17, 15) is 16.4 Å². The Hall–Kier alpha value is -8.96. The van der Waals surface area contributed by atoms with E-state index in [1.165, 1.54) is 9.13 Å². The van der Waals surface area contributed by atoms with Crippen molar-refractivity contribution in [1.82, 2.24) is 9.13 Å². The highest BCUT2D eigenvalue weighted by Crippen LogP contribution is 2.41. The van der Waals surface area contributed by atoms with E-state index < -0.39 is 139 Å². The molecule has 0 unspecified atom stereocenters. The molecule has 0 spiro atoms. The number of para-hydroxylation sites is 3. The van der Waals surface area contributed by atoms with Crippen LogP contribution in [0.3, 0.4) is 0 Å². The number of hydrogen-bond donors (Lipinski definition) is 0. The van der Waals surface area contributed by atoms with Crippen LogP contribution in [-0.2, 0) is 0 Å². The van der Waals surface area contributed by atoms with Gasteiger partial charge in [0.15, 0.2) is 8.07 Å². The molecule has 0 N–H and O–H groups in total. The quantitative estimate of drug-likeness (QED) is 0.110. The van der Waals surface area contributed by atoms with Gasteiger partial charge in [-0.1, -0.05) is 194 Å². The molecule has 0 aliphatic rings. The molecule has 70 heavy (non-hydrogen) atoms. The summed E-state index contributed by atoms with van der Waals surface area (Å²) in [6.45, 7) is 0. The molecule has 3 nitrogen and oxygen atoms in total. The number of hydrogen-bond acceptors (Lipinski definition) is 1. The Morgan fingerprint density at radius 1 is 0.329 bits per heavy atom. The van der Waals surface area contributed by atoms with Gasteiger partial charge in [0.2, 0.25) is 0 Å². The molecular formula is C66H44N2OSi. The minimum Gasteiger partial charge on any atom is -0.456 e. The SMILES string of the molecule is [2H]c1c([2H])c([2H])c(-c2c([2H])c([2H])c3c(c2[2H])c2c([2H])c([2H])c([2H])c([2H])c2n3-c2ccc3oc4ccccc4c3c2)c(-c2c([2H])c([2H])c3c(c2[2H])c2c([2H])c([2H])c([2H])c([2H])c2n3-c2cccc([Si](c3ccccc3)(c3ccccc3)c3ccccc3)c2)c1[2H]. The third-order valence-electron chi connectivity index (χ3n) is 13.3. The zero-order valence-electron chi connectivity index (χ0n) is 54.8. The summed E-state index contributed by atoms with van der Waals surface area (Å²) in [5.41, 5.74) is -1.55. The summed E-state index contributed by atoms with van der Waals surface area (Å²) >= 11 is 0. The van der Waals surface area contributed by atoms with Crippen molar-refractivity contribution in [3.8, 4) is 33.6 Å². The van der Waals surface area contributed by atoms with Crippen LogP contribution >= 0.6 is 0 Å². The van der Waals surface area contributed by atoms with E-state index in [0.717, 1.165) is 20.7 Å². The van der Waals surface area contributed by atoms with Gasteiger partial charge in [-0.05, 0) is 116 Å². The van der Waals surface area contributed by atoms with Gasteiger partial charge in [-0.25, -0.2) is 0 Å². The lowest BCUT2D eigenvalue weighted by Crippen LogP contribution is -2.74. The molecule has 4 heteroatoms. The van der Waals surface area contributed by atoms with Gasteiger partial charge in [-0.2, -0.15) is 0 Å². The summed E-state index contributed by atoms with van der Waals surface area (Å²) in [4.78, 5) is 0. The minimum atomic E-state index is -3.31. The molecule has 0 amide bonds. The van der Waals surface area contributed by atoms with Crippen molar-refractivity contribution >= 4 is 94.4 Å². The van der Waals surface area contributed by atoms with Gasteiger partial charge in [-0.3, -0.25) is 0 Å². The Kier molecular flexibility index (Phi) is 5.97. The summed E-state index contributed by atoms with van der Waals surface area (Å²) in [6.07, 6.45) is 0. The normalized spacial score (nSPS) is 15.6. The number of nitrogens with zero attached hydrogens (tertiary/aromatic N) is 2. The number of furan rings is 1. The fourth-order valence-corrected chi connectivity index (χ4v) is 15.1. The molecule has 11 aromatic carbocycles. The lowest BCUT2D eigenvalue weighted by atomic mass is 9.93. The first-order chi connectivity index (χ1) is 42.2. The lowest BCUT2D eigenvalue weighted by molar-refractivity contribution is 0.669. The van der Waals surface area contributed by atoms with E-state index >= 15 is 0 Å². The zero-order chi connectivity index (χ0) is 61.8. The van der Waals surface area contributed by atoms with E-state index in [4.69, 9.17) is 12.6 Å². The number of fused-ring (bicyclic) bond motifs is 9. The van der Waals surface area contributed by atoms with Crippen LogP contribution in [0, 0.1) is 0 Å². The number of benzene rings is 11. The first-order valence-corrected chi connectivity index (χ1v) is 24.6. The van der Waals surface area contributed by atoms with Crippen LogP contribution in [0.25, 0.3) is 99.2 Å². The molecule has 0 radical (unpaired) electrons. The first kappa shape index (κ1) is 26.0. The van der Waals surface area contributed by atoms with Gasteiger partial charge in [-0.15, -0.1) is 0 Å². The van der Waals surface area contributed by atoms with E-state index in [0.29, 0.717) is 27.6 Å². The molecule has 3 heterocycles. The van der Waals surface area contributed by atoms with Crippen LogP contribution < -0.4 is 20.7 Å². The monoisotopic (exact) mass is 926 g/mol. The second-order valence-corrected chi connectivity index (χ2v) is 20.8. The highest BCUT2D eigenvalue weighted by Gasteiger charge is 2.41. The standard InChI is InChI=1S/C66H44N2OSi/c1-4-20-49(21-5-1)70(50-22-6-2-7-23-50,51-24-8-3-9-25-51)52-26-18-19-47(43-52)67-61-32-15-12-29-55(61)58-41-45(35-38-63(58)67)53-27-10-11-28-54(53)46-36-39-64-59(42-46)56-30-13-16-33-62(56)68(64)48-37-40-66-60(44-48)57-31-14-17-34-65(57)69-66/h1-44H/i10D,11D,12D,13D,15D,16D,27D,28D,29D,30D,32D,33D,35D,36D,38D,39D,41D,42D. The summed E-state index contributed by atoms with van der Waals surface area (Å²) < 4.78 is 180. The van der Waals surface area contributed by atoms with E-state index in [1.54, 1.807) is 30.3 Å². The van der Waals surface area contributed by atoms with E-state index in [2.05, 4.69) is 36.4 Å². The van der Waals surface area contributed by atoms with Crippen molar-refractivity contribution in [3.05, 3.63) is 266 Å². The maximum absolute atomic E-state index is 10.3. The van der Waals surface area contributed by atoms with Crippen molar-refractivity contribution in [2.45, 2.75) is 0 Å². The van der Waals surface area contributed by atoms with Gasteiger partial charge in [0, 0.05) is 43.7 Å². The highest BCUT2D eigenvalue weighted by molar-refractivity contribution is 7.19. The summed E-state index contributed by atoms with van der Waals surface area (Å²) in [5, 5.41) is 4.21. The molecule has 14 aromatic rings. The van der Waals surface area contributed by atoms with Gasteiger partial charge in [0.1, 0.15) is 11.2 Å². The maximum Gasteiger partial charge on any atom is 0.179 e. The summed E-state index contributed by atoms with van der Waals surface area (Å²) in [7, 11) is -3.31. The Bertz CT molecular complexity index is 5280. The molecule has 0 aliphatic carbocycles. The molecule has 0 fully saturated rings. The van der Waals surface area contributed by atoms with Crippen LogP contribution in [0.5, 0.6) is 0 Å². The summed E-state index contributed by atoms with van der Waals surface area (Å²) in [5.74, 6) is 0.